The lowest BCUT2D eigenvalue weighted by Crippen LogP contribution is -2.29. The third kappa shape index (κ3) is 2.35. The Labute approximate surface area is 90.1 Å². The normalized spacial score (nSPS) is 18.9. The molecule has 0 aromatic rings. The van der Waals surface area contributed by atoms with Gasteiger partial charge in [0.1, 0.15) is 0 Å². The summed E-state index contributed by atoms with van der Waals surface area (Å²) in [6.07, 6.45) is 6.54. The predicted molar refractivity (Wildman–Crippen MR) is 58.6 cm³/mol. The van der Waals surface area contributed by atoms with E-state index in [4.69, 9.17) is 9.16 Å². The molecule has 1 aliphatic carbocycles. The van der Waals surface area contributed by atoms with Crippen LogP contribution in [0.1, 0.15) is 20.3 Å². The van der Waals surface area contributed by atoms with E-state index in [0.29, 0.717) is 0 Å². The van der Waals surface area contributed by atoms with Crippen LogP contribution in [0.5, 0.6) is 0 Å². The van der Waals surface area contributed by atoms with Crippen molar-refractivity contribution in [3.8, 4) is 0 Å². The molecule has 0 saturated carbocycles. The fourth-order valence-corrected chi connectivity index (χ4v) is 1.53. The molecule has 0 N–H and O–H groups in total. The molecule has 0 atom stereocenters. The second-order valence-electron chi connectivity index (χ2n) is 4.00. The summed E-state index contributed by atoms with van der Waals surface area (Å²) < 4.78 is 9.91. The predicted octanol–water partition coefficient (Wildman–Crippen LogP) is 1.81. The van der Waals surface area contributed by atoms with E-state index in [1.54, 1.807) is 7.11 Å². The van der Waals surface area contributed by atoms with Crippen LogP contribution in [-0.2, 0) is 14.0 Å². The molecule has 1 aliphatic rings. The van der Waals surface area contributed by atoms with Crippen LogP contribution in [0.3, 0.4) is 0 Å². The zero-order chi connectivity index (χ0) is 11.5. The van der Waals surface area contributed by atoms with Gasteiger partial charge in [-0.2, -0.15) is 0 Å². The largest absolute Gasteiger partial charge is 0.468 e. The second-order valence-corrected chi connectivity index (χ2v) is 4.00. The number of hydrogen-bond acceptors (Lipinski definition) is 2. The summed E-state index contributed by atoms with van der Waals surface area (Å²) in [6, 6.07) is 0. The van der Waals surface area contributed by atoms with Gasteiger partial charge in [-0.1, -0.05) is 6.08 Å². The van der Waals surface area contributed by atoms with Crippen molar-refractivity contribution < 1.29 is 14.0 Å². The molecule has 3 heteroatoms. The molecule has 0 saturated heterocycles. The van der Waals surface area contributed by atoms with Gasteiger partial charge < -0.3 is 4.74 Å². The van der Waals surface area contributed by atoms with Crippen LogP contribution in [0.4, 0.5) is 0 Å². The summed E-state index contributed by atoms with van der Waals surface area (Å²) in [4.78, 5) is 11.6. The van der Waals surface area contributed by atoms with Crippen LogP contribution in [0, 0.1) is 5.41 Å². The maximum Gasteiger partial charge on any atom is 0.342 e. The molecule has 82 valence electrons. The van der Waals surface area contributed by atoms with Gasteiger partial charge in [0.15, 0.2) is 0 Å². The molecule has 1 rings (SSSR count). The van der Waals surface area contributed by atoms with E-state index in [0.717, 1.165) is 17.8 Å². The van der Waals surface area contributed by atoms with Crippen LogP contribution in [0.15, 0.2) is 23.8 Å². The van der Waals surface area contributed by atoms with Gasteiger partial charge in [0.2, 0.25) is 0 Å². The quantitative estimate of drug-likeness (QED) is 0.514. The van der Waals surface area contributed by atoms with Gasteiger partial charge >= 0.3 is 11.8 Å². The smallest absolute Gasteiger partial charge is 0.342 e. The molecule has 0 aromatic carbocycles. The third-order valence-corrected chi connectivity index (χ3v) is 2.67. The average Bonchev–Trinajstić information content (AvgIpc) is 2.27. The molecule has 0 heterocycles. The Morgan fingerprint density at radius 2 is 2.20 bits per heavy atom. The highest BCUT2D eigenvalue weighted by molar-refractivity contribution is 6.02. The van der Waals surface area contributed by atoms with Gasteiger partial charge in [0.05, 0.1) is 12.5 Å². The SMILES string of the molecule is COC(=O)C(C)(C)C1=CC(=[O+]C)C=CC1. The Morgan fingerprint density at radius 1 is 1.53 bits per heavy atom. The number of ether oxygens (including phenoxy) is 1. The fraction of sp³-hybridized carbons (Fsp3) is 0.500. The number of esters is 1. The zero-order valence-electron chi connectivity index (χ0n) is 9.66. The van der Waals surface area contributed by atoms with Gasteiger partial charge in [0.25, 0.3) is 7.11 Å². The standard InChI is InChI=1S/C12H17O3/c1-12(2,11(13)15-4)9-6-5-7-10(8-9)14-3/h5,7-8H,6H2,1-4H3/q+1. The molecule has 0 aliphatic heterocycles. The first-order valence-corrected chi connectivity index (χ1v) is 4.89. The molecule has 0 fully saturated rings. The van der Waals surface area contributed by atoms with Crippen LogP contribution in [-0.4, -0.2) is 26.0 Å². The highest BCUT2D eigenvalue weighted by Gasteiger charge is 2.34. The van der Waals surface area contributed by atoms with E-state index in [-0.39, 0.29) is 5.97 Å². The minimum atomic E-state index is -0.594. The van der Waals surface area contributed by atoms with Crippen molar-refractivity contribution >= 4 is 11.8 Å². The highest BCUT2D eigenvalue weighted by Crippen LogP contribution is 2.32. The highest BCUT2D eigenvalue weighted by atomic mass is 16.5. The number of allylic oxidation sites excluding steroid dienone is 3. The summed E-state index contributed by atoms with van der Waals surface area (Å²) in [5, 5.41) is 0. The summed E-state index contributed by atoms with van der Waals surface area (Å²) in [6.45, 7) is 3.72. The molecule has 0 spiro atoms. The van der Waals surface area contributed by atoms with Gasteiger partial charge in [0, 0.05) is 12.2 Å². The number of methoxy groups -OCH3 is 1. The maximum atomic E-state index is 11.6. The summed E-state index contributed by atoms with van der Waals surface area (Å²) in [5.74, 6) is 0.549. The van der Waals surface area contributed by atoms with Gasteiger partial charge in [-0.3, -0.25) is 9.22 Å². The van der Waals surface area contributed by atoms with Crippen molar-refractivity contribution in [1.82, 2.24) is 0 Å². The molecular formula is C12H17O3+. The fourth-order valence-electron chi connectivity index (χ4n) is 1.53. The summed E-state index contributed by atoms with van der Waals surface area (Å²) in [7, 11) is 3.02. The molecule has 0 bridgehead atoms. The first-order chi connectivity index (χ1) is 7.02. The first-order valence-electron chi connectivity index (χ1n) is 4.89. The Kier molecular flexibility index (Phi) is 3.45. The molecule has 0 amide bonds. The topological polar surface area (TPSA) is 37.6 Å². The van der Waals surface area contributed by atoms with Crippen molar-refractivity contribution in [2.75, 3.05) is 14.2 Å². The monoisotopic (exact) mass is 209 g/mol. The summed E-state index contributed by atoms with van der Waals surface area (Å²) >= 11 is 0. The number of carbonyl (C=O) groups excluding carboxylic acids is 2. The minimum Gasteiger partial charge on any atom is -0.468 e. The van der Waals surface area contributed by atoms with E-state index < -0.39 is 5.41 Å². The molecule has 3 nitrogen and oxygen atoms in total. The zero-order valence-corrected chi connectivity index (χ0v) is 9.66. The Balaban J connectivity index is 2.98. The van der Waals surface area contributed by atoms with Crippen molar-refractivity contribution in [1.29, 1.82) is 0 Å². The molecular weight excluding hydrogens is 192 g/mol. The Hall–Kier alpha value is -1.38. The lowest BCUT2D eigenvalue weighted by molar-refractivity contribution is -0.417. The van der Waals surface area contributed by atoms with Crippen molar-refractivity contribution in [2.45, 2.75) is 20.3 Å². The van der Waals surface area contributed by atoms with E-state index in [9.17, 15) is 4.79 Å². The maximum absolute atomic E-state index is 11.6. The Bertz CT molecular complexity index is 346. The van der Waals surface area contributed by atoms with Gasteiger partial charge in [-0.15, -0.1) is 0 Å². The lowest BCUT2D eigenvalue weighted by atomic mass is 9.80. The molecule has 0 aromatic heterocycles. The number of ketones is 1. The minimum absolute atomic E-state index is 0.223. The van der Waals surface area contributed by atoms with Crippen LogP contribution in [0.2, 0.25) is 0 Å². The van der Waals surface area contributed by atoms with Crippen molar-refractivity contribution in [3.05, 3.63) is 23.8 Å². The second kappa shape index (κ2) is 4.43. The number of rotatable bonds is 2. The van der Waals surface area contributed by atoms with Crippen molar-refractivity contribution in [2.24, 2.45) is 5.41 Å². The summed E-state index contributed by atoms with van der Waals surface area (Å²) in [5.41, 5.74) is 0.414. The molecule has 0 unspecified atom stereocenters. The van der Waals surface area contributed by atoms with Crippen LogP contribution in [0.25, 0.3) is 0 Å². The molecule has 15 heavy (non-hydrogen) atoms. The van der Waals surface area contributed by atoms with Crippen molar-refractivity contribution in [3.63, 3.8) is 0 Å². The Morgan fingerprint density at radius 3 is 2.73 bits per heavy atom. The number of hydrogen-bond donors (Lipinski definition) is 0. The average molecular weight is 209 g/mol. The first kappa shape index (κ1) is 11.7. The van der Waals surface area contributed by atoms with E-state index in [1.807, 2.05) is 32.1 Å². The van der Waals surface area contributed by atoms with Gasteiger partial charge in [-0.25, -0.2) is 0 Å². The van der Waals surface area contributed by atoms with Crippen LogP contribution >= 0.6 is 0 Å². The third-order valence-electron chi connectivity index (χ3n) is 2.67. The van der Waals surface area contributed by atoms with E-state index in [1.165, 1.54) is 7.11 Å². The van der Waals surface area contributed by atoms with E-state index >= 15 is 0 Å². The lowest BCUT2D eigenvalue weighted by Gasteiger charge is -2.24. The van der Waals surface area contributed by atoms with E-state index in [2.05, 4.69) is 0 Å². The van der Waals surface area contributed by atoms with Crippen LogP contribution < -0.4 is 0 Å². The molecule has 0 radical (unpaired) electrons. The number of carbonyl (C=O) groups is 1. The van der Waals surface area contributed by atoms with Gasteiger partial charge in [-0.05, 0) is 25.8 Å².